The number of hydrogen-bond acceptors (Lipinski definition) is 6. The van der Waals surface area contributed by atoms with Crippen LogP contribution in [-0.2, 0) is 16.6 Å². The predicted molar refractivity (Wildman–Crippen MR) is 141 cm³/mol. The molecular weight excluding hydrogens is 486 g/mol. The third kappa shape index (κ3) is 3.56. The summed E-state index contributed by atoms with van der Waals surface area (Å²) in [6.07, 6.45) is 3.75. The molecule has 1 aliphatic carbocycles. The number of anilines is 2. The van der Waals surface area contributed by atoms with Crippen molar-refractivity contribution in [2.45, 2.75) is 24.7 Å². The maximum absolute atomic E-state index is 14.7. The Morgan fingerprint density at radius 2 is 1.95 bits per heavy atom. The van der Waals surface area contributed by atoms with E-state index in [0.29, 0.717) is 36.1 Å². The van der Waals surface area contributed by atoms with E-state index in [0.717, 1.165) is 47.4 Å². The number of piperidine rings is 1. The minimum Gasteiger partial charge on any atom is -0.355 e. The molecule has 1 amide bonds. The summed E-state index contributed by atoms with van der Waals surface area (Å²) >= 11 is 0. The predicted octanol–water partition coefficient (Wildman–Crippen LogP) is 4.21. The van der Waals surface area contributed by atoms with Crippen molar-refractivity contribution in [2.75, 3.05) is 29.9 Å². The number of pyridine rings is 1. The fraction of sp³-hybridized carbons (Fsp3) is 0.310. The monoisotopic (exact) mass is 512 g/mol. The van der Waals surface area contributed by atoms with Gasteiger partial charge in [-0.1, -0.05) is 6.07 Å². The molecule has 0 unspecified atom stereocenters. The molecule has 9 heteroatoms. The molecule has 2 aliphatic heterocycles. The van der Waals surface area contributed by atoms with Gasteiger partial charge >= 0.3 is 0 Å². The highest BCUT2D eigenvalue weighted by atomic mass is 19.1. The lowest BCUT2D eigenvalue weighted by Gasteiger charge is -2.27. The van der Waals surface area contributed by atoms with Gasteiger partial charge in [0.15, 0.2) is 5.65 Å². The summed E-state index contributed by atoms with van der Waals surface area (Å²) in [6, 6.07) is 13.4. The maximum atomic E-state index is 14.7. The van der Waals surface area contributed by atoms with Crippen LogP contribution in [-0.4, -0.2) is 40.5 Å². The molecule has 2 aromatic carbocycles. The van der Waals surface area contributed by atoms with Crippen molar-refractivity contribution in [2.24, 2.45) is 17.6 Å². The van der Waals surface area contributed by atoms with E-state index in [9.17, 15) is 13.6 Å². The van der Waals surface area contributed by atoms with E-state index in [1.807, 2.05) is 24.3 Å². The zero-order valence-corrected chi connectivity index (χ0v) is 20.6. The van der Waals surface area contributed by atoms with E-state index in [1.165, 1.54) is 12.1 Å². The van der Waals surface area contributed by atoms with Crippen LogP contribution in [0.15, 0.2) is 54.7 Å². The van der Waals surface area contributed by atoms with Gasteiger partial charge in [0, 0.05) is 42.7 Å². The van der Waals surface area contributed by atoms with Crippen LogP contribution < -0.4 is 16.0 Å². The highest BCUT2D eigenvalue weighted by molar-refractivity contribution is 5.94. The summed E-state index contributed by atoms with van der Waals surface area (Å²) in [5.74, 6) is 0.304. The zero-order valence-electron chi connectivity index (χ0n) is 20.6. The quantitative estimate of drug-likeness (QED) is 0.425. The van der Waals surface area contributed by atoms with Crippen molar-refractivity contribution in [1.82, 2.24) is 15.0 Å². The molecule has 2 fully saturated rings. The normalized spacial score (nSPS) is 24.1. The minimum atomic E-state index is -0.542. The van der Waals surface area contributed by atoms with Crippen LogP contribution in [0.3, 0.4) is 0 Å². The Morgan fingerprint density at radius 3 is 2.82 bits per heavy atom. The third-order valence-corrected chi connectivity index (χ3v) is 8.61. The number of nitrogens with zero attached hydrogens (tertiary/aromatic N) is 4. The van der Waals surface area contributed by atoms with E-state index in [-0.39, 0.29) is 24.3 Å². The number of rotatable bonds is 4. The fourth-order valence-corrected chi connectivity index (χ4v) is 6.60. The summed E-state index contributed by atoms with van der Waals surface area (Å²) in [5.41, 5.74) is 11.0. The fourth-order valence-electron chi connectivity index (χ4n) is 6.60. The van der Waals surface area contributed by atoms with Gasteiger partial charge in [-0.2, -0.15) is 0 Å². The number of hydrogen-bond donors (Lipinski definition) is 2. The van der Waals surface area contributed by atoms with E-state index < -0.39 is 17.0 Å². The molecule has 1 saturated carbocycles. The largest absolute Gasteiger partial charge is 0.355 e. The van der Waals surface area contributed by atoms with Gasteiger partial charge in [0.25, 0.3) is 0 Å². The molecule has 192 valence electrons. The molecule has 7 nitrogen and oxygen atoms in total. The summed E-state index contributed by atoms with van der Waals surface area (Å²) in [4.78, 5) is 28.0. The van der Waals surface area contributed by atoms with Gasteiger partial charge < -0.3 is 16.0 Å². The summed E-state index contributed by atoms with van der Waals surface area (Å²) < 4.78 is 28.7. The SMILES string of the molecule is NC[C@]1(c2cc(F)ccc2F)[C@@H]2CCN(c3cnc4nc(-c5ccc6c(c5)CCC(=O)N6)ccc4n3)C[C@@H]21. The van der Waals surface area contributed by atoms with E-state index in [4.69, 9.17) is 15.7 Å². The second-order valence-electron chi connectivity index (χ2n) is 10.5. The first-order valence-electron chi connectivity index (χ1n) is 12.9. The van der Waals surface area contributed by atoms with Gasteiger partial charge in [-0.25, -0.2) is 23.7 Å². The number of fused-ring (bicyclic) bond motifs is 3. The number of amides is 1. The molecule has 3 N–H and O–H groups in total. The molecule has 3 aliphatic rings. The molecule has 7 rings (SSSR count). The number of benzene rings is 2. The van der Waals surface area contributed by atoms with Crippen molar-refractivity contribution < 1.29 is 13.6 Å². The van der Waals surface area contributed by atoms with E-state index >= 15 is 0 Å². The Morgan fingerprint density at radius 1 is 1.05 bits per heavy atom. The van der Waals surface area contributed by atoms with Crippen LogP contribution in [0.4, 0.5) is 20.3 Å². The van der Waals surface area contributed by atoms with Gasteiger partial charge in [-0.15, -0.1) is 0 Å². The number of nitrogens with two attached hydrogens (primary N) is 1. The molecule has 0 spiro atoms. The first kappa shape index (κ1) is 23.2. The zero-order chi connectivity index (χ0) is 26.0. The Kier molecular flexibility index (Phi) is 5.20. The van der Waals surface area contributed by atoms with Crippen LogP contribution in [0.2, 0.25) is 0 Å². The van der Waals surface area contributed by atoms with Crippen molar-refractivity contribution in [3.05, 3.63) is 77.5 Å². The molecule has 4 heterocycles. The summed E-state index contributed by atoms with van der Waals surface area (Å²) in [5, 5.41) is 2.91. The second kappa shape index (κ2) is 8.52. The molecule has 2 aromatic heterocycles. The number of aryl methyl sites for hydroxylation is 1. The van der Waals surface area contributed by atoms with Crippen molar-refractivity contribution in [3.63, 3.8) is 0 Å². The highest BCUT2D eigenvalue weighted by Crippen LogP contribution is 2.63. The average molecular weight is 513 g/mol. The smallest absolute Gasteiger partial charge is 0.224 e. The topological polar surface area (TPSA) is 97.0 Å². The first-order valence-corrected chi connectivity index (χ1v) is 12.9. The second-order valence-corrected chi connectivity index (χ2v) is 10.5. The summed E-state index contributed by atoms with van der Waals surface area (Å²) in [6.45, 7) is 1.69. The van der Waals surface area contributed by atoms with Crippen LogP contribution in [0.1, 0.15) is 24.0 Å². The lowest BCUT2D eigenvalue weighted by molar-refractivity contribution is -0.116. The standard InChI is InChI=1S/C29H26F2N6O/c30-18-3-4-22(31)20(12-18)29(15-32)19-9-10-37(14-21(19)29)26-13-33-28-25(34-26)7-6-24(36-28)16-1-5-23-17(11-16)2-8-27(38)35-23/h1,3-7,11-13,19,21H,2,8-10,14-15,32H2,(H,35,38)/t19-,21+,29-/m1/s1. The van der Waals surface area contributed by atoms with Gasteiger partial charge in [0.1, 0.15) is 23.0 Å². The van der Waals surface area contributed by atoms with Crippen molar-refractivity contribution >= 4 is 28.6 Å². The number of carbonyl (C=O) groups is 1. The Hall–Kier alpha value is -3.98. The van der Waals surface area contributed by atoms with Gasteiger partial charge in [0.05, 0.1) is 11.9 Å². The highest BCUT2D eigenvalue weighted by Gasteiger charge is 2.66. The molecule has 0 radical (unpaired) electrons. The van der Waals surface area contributed by atoms with Crippen LogP contribution in [0.5, 0.6) is 0 Å². The third-order valence-electron chi connectivity index (χ3n) is 8.61. The Balaban J connectivity index is 1.14. The lowest BCUT2D eigenvalue weighted by atomic mass is 9.90. The maximum Gasteiger partial charge on any atom is 0.224 e. The van der Waals surface area contributed by atoms with Gasteiger partial charge in [-0.05, 0) is 78.3 Å². The van der Waals surface area contributed by atoms with Gasteiger partial charge in [0.2, 0.25) is 5.91 Å². The number of aromatic nitrogens is 3. The molecular formula is C29H26F2N6O. The molecule has 4 aromatic rings. The average Bonchev–Trinajstić information content (AvgIpc) is 3.61. The lowest BCUT2D eigenvalue weighted by Crippen LogP contribution is -2.32. The van der Waals surface area contributed by atoms with Crippen LogP contribution in [0, 0.1) is 23.5 Å². The van der Waals surface area contributed by atoms with Gasteiger partial charge in [-0.3, -0.25) is 4.79 Å². The number of halogens is 2. The van der Waals surface area contributed by atoms with E-state index in [1.54, 1.807) is 6.20 Å². The Labute approximate surface area is 218 Å². The molecule has 1 saturated heterocycles. The number of nitrogens with one attached hydrogen (secondary N) is 1. The molecule has 0 bridgehead atoms. The number of carbonyl (C=O) groups excluding carboxylic acids is 1. The first-order chi connectivity index (χ1) is 18.5. The van der Waals surface area contributed by atoms with Crippen LogP contribution in [0.25, 0.3) is 22.4 Å². The van der Waals surface area contributed by atoms with Crippen LogP contribution >= 0.6 is 0 Å². The molecule has 3 atom stereocenters. The molecule has 38 heavy (non-hydrogen) atoms. The van der Waals surface area contributed by atoms with Crippen molar-refractivity contribution in [3.8, 4) is 11.3 Å². The summed E-state index contributed by atoms with van der Waals surface area (Å²) in [7, 11) is 0. The van der Waals surface area contributed by atoms with Crippen molar-refractivity contribution in [1.29, 1.82) is 0 Å². The Bertz CT molecular complexity index is 1610. The minimum absolute atomic E-state index is 0.0425. The van der Waals surface area contributed by atoms with E-state index in [2.05, 4.69) is 21.3 Å².